The lowest BCUT2D eigenvalue weighted by Gasteiger charge is -2.12. The summed E-state index contributed by atoms with van der Waals surface area (Å²) in [7, 11) is 0. The number of amides is 1. The van der Waals surface area contributed by atoms with Crippen LogP contribution in [0.1, 0.15) is 29.6 Å². The molecule has 0 radical (unpaired) electrons. The summed E-state index contributed by atoms with van der Waals surface area (Å²) >= 11 is 0. The van der Waals surface area contributed by atoms with Crippen molar-refractivity contribution < 1.29 is 29.0 Å². The number of aromatic carboxylic acids is 1. The average molecular weight is 295 g/mol. The molecule has 1 aliphatic rings. The average Bonchev–Trinajstić information content (AvgIpc) is 2.90. The molecule has 2 rings (SSSR count). The lowest BCUT2D eigenvalue weighted by atomic mass is 10.0. The van der Waals surface area contributed by atoms with E-state index in [-0.39, 0.29) is 17.7 Å². The van der Waals surface area contributed by atoms with Gasteiger partial charge in [0, 0.05) is 5.92 Å². The number of hydrogen-bond acceptors (Lipinski definition) is 3. The van der Waals surface area contributed by atoms with Crippen LogP contribution in [-0.2, 0) is 9.59 Å². The highest BCUT2D eigenvalue weighted by Crippen LogP contribution is 2.32. The molecule has 1 fully saturated rings. The number of carbonyl (C=O) groups excluding carboxylic acids is 1. The number of hydrogen-bond donors (Lipinski definition) is 3. The van der Waals surface area contributed by atoms with E-state index in [1.165, 1.54) is 0 Å². The van der Waals surface area contributed by atoms with Crippen molar-refractivity contribution in [3.05, 3.63) is 29.6 Å². The summed E-state index contributed by atoms with van der Waals surface area (Å²) in [5, 5.41) is 20.1. The second kappa shape index (κ2) is 5.90. The Labute approximate surface area is 119 Å². The number of benzene rings is 1. The zero-order chi connectivity index (χ0) is 15.6. The van der Waals surface area contributed by atoms with Crippen molar-refractivity contribution in [3.63, 3.8) is 0 Å². The first kappa shape index (κ1) is 15.0. The molecule has 112 valence electrons. The van der Waals surface area contributed by atoms with Crippen LogP contribution >= 0.6 is 0 Å². The molecule has 0 aliphatic heterocycles. The van der Waals surface area contributed by atoms with Crippen molar-refractivity contribution in [1.82, 2.24) is 0 Å². The van der Waals surface area contributed by atoms with Gasteiger partial charge in [-0.05, 0) is 37.5 Å². The summed E-state index contributed by atoms with van der Waals surface area (Å²) in [5.41, 5.74) is -0.347. The number of anilines is 1. The normalized spacial score (nSPS) is 21.0. The van der Waals surface area contributed by atoms with E-state index in [2.05, 4.69) is 5.32 Å². The lowest BCUT2D eigenvalue weighted by Crippen LogP contribution is -2.22. The maximum absolute atomic E-state index is 13.6. The van der Waals surface area contributed by atoms with Crippen LogP contribution in [0.25, 0.3) is 0 Å². The van der Waals surface area contributed by atoms with Crippen LogP contribution < -0.4 is 5.32 Å². The Morgan fingerprint density at radius 2 is 1.81 bits per heavy atom. The van der Waals surface area contributed by atoms with E-state index >= 15 is 0 Å². The number of rotatable bonds is 4. The van der Waals surface area contributed by atoms with Crippen molar-refractivity contribution >= 4 is 23.5 Å². The number of aliphatic carboxylic acids is 1. The summed E-state index contributed by atoms with van der Waals surface area (Å²) in [4.78, 5) is 33.7. The van der Waals surface area contributed by atoms with Crippen molar-refractivity contribution in [1.29, 1.82) is 0 Å². The van der Waals surface area contributed by atoms with Crippen molar-refractivity contribution in [2.45, 2.75) is 19.3 Å². The third-order valence-corrected chi connectivity index (χ3v) is 3.62. The summed E-state index contributed by atoms with van der Waals surface area (Å²) in [6.45, 7) is 0. The van der Waals surface area contributed by atoms with E-state index in [1.807, 2.05) is 0 Å². The van der Waals surface area contributed by atoms with Crippen LogP contribution in [0, 0.1) is 17.7 Å². The molecule has 0 spiro atoms. The SMILES string of the molecule is O=C(O)c1ccc(F)c(NC(=O)[C@@H]2CC[C@H](C(=O)O)C2)c1. The first-order chi connectivity index (χ1) is 9.88. The second-order valence-electron chi connectivity index (χ2n) is 5.03. The number of carboxylic acids is 2. The first-order valence-corrected chi connectivity index (χ1v) is 6.45. The fraction of sp³-hybridized carbons (Fsp3) is 0.357. The van der Waals surface area contributed by atoms with E-state index in [0.717, 1.165) is 18.2 Å². The van der Waals surface area contributed by atoms with Crippen molar-refractivity contribution in [2.75, 3.05) is 5.32 Å². The molecule has 0 aromatic heterocycles. The minimum absolute atomic E-state index is 0.137. The molecular weight excluding hydrogens is 281 g/mol. The fourth-order valence-corrected chi connectivity index (χ4v) is 2.43. The van der Waals surface area contributed by atoms with E-state index in [4.69, 9.17) is 10.2 Å². The summed E-state index contributed by atoms with van der Waals surface area (Å²) in [5.74, 6) is -4.45. The monoisotopic (exact) mass is 295 g/mol. The van der Waals surface area contributed by atoms with Crippen LogP contribution in [0.15, 0.2) is 18.2 Å². The van der Waals surface area contributed by atoms with Gasteiger partial charge < -0.3 is 15.5 Å². The molecule has 1 aliphatic carbocycles. The van der Waals surface area contributed by atoms with Crippen LogP contribution in [0.5, 0.6) is 0 Å². The minimum Gasteiger partial charge on any atom is -0.481 e. The predicted octanol–water partition coefficient (Wildman–Crippen LogP) is 1.96. The standard InChI is InChI=1S/C14H14FNO5/c15-10-4-3-9(14(20)21)6-11(10)16-12(17)7-1-2-8(5-7)13(18)19/h3-4,6-8H,1-2,5H2,(H,16,17)(H,18,19)(H,20,21)/t7-,8+/m1/s1. The molecule has 0 unspecified atom stereocenters. The van der Waals surface area contributed by atoms with Gasteiger partial charge in [0.15, 0.2) is 0 Å². The number of nitrogens with one attached hydrogen (secondary N) is 1. The number of halogens is 1. The van der Waals surface area contributed by atoms with Crippen LogP contribution in [0.3, 0.4) is 0 Å². The maximum atomic E-state index is 13.6. The Balaban J connectivity index is 2.08. The number of carbonyl (C=O) groups is 3. The molecule has 6 nitrogen and oxygen atoms in total. The van der Waals surface area contributed by atoms with Crippen molar-refractivity contribution in [2.24, 2.45) is 11.8 Å². The predicted molar refractivity (Wildman–Crippen MR) is 70.5 cm³/mol. The third kappa shape index (κ3) is 3.36. The van der Waals surface area contributed by atoms with Crippen LogP contribution in [0.2, 0.25) is 0 Å². The molecule has 0 heterocycles. The van der Waals surface area contributed by atoms with E-state index in [1.54, 1.807) is 0 Å². The third-order valence-electron chi connectivity index (χ3n) is 3.62. The molecule has 1 saturated carbocycles. The Hall–Kier alpha value is -2.44. The number of carboxylic acid groups (broad SMARTS) is 2. The van der Waals surface area contributed by atoms with E-state index < -0.39 is 35.5 Å². The Bertz CT molecular complexity index is 601. The lowest BCUT2D eigenvalue weighted by molar-refractivity contribution is -0.141. The zero-order valence-corrected chi connectivity index (χ0v) is 11.0. The van der Waals surface area contributed by atoms with Crippen molar-refractivity contribution in [3.8, 4) is 0 Å². The van der Waals surface area contributed by atoms with Crippen LogP contribution in [0.4, 0.5) is 10.1 Å². The largest absolute Gasteiger partial charge is 0.481 e. The van der Waals surface area contributed by atoms with Crippen LogP contribution in [-0.4, -0.2) is 28.1 Å². The summed E-state index contributed by atoms with van der Waals surface area (Å²) in [6, 6.07) is 3.11. The Morgan fingerprint density at radius 3 is 2.38 bits per heavy atom. The van der Waals surface area contributed by atoms with Gasteiger partial charge in [-0.25, -0.2) is 9.18 Å². The van der Waals surface area contributed by atoms with Gasteiger partial charge in [0.25, 0.3) is 0 Å². The molecule has 0 bridgehead atoms. The first-order valence-electron chi connectivity index (χ1n) is 6.45. The van der Waals surface area contributed by atoms with Gasteiger partial charge in [0.1, 0.15) is 5.82 Å². The molecule has 1 aromatic rings. The summed E-state index contributed by atoms with van der Waals surface area (Å²) < 4.78 is 13.6. The molecule has 3 N–H and O–H groups in total. The second-order valence-corrected chi connectivity index (χ2v) is 5.03. The molecule has 7 heteroatoms. The molecule has 2 atom stereocenters. The highest BCUT2D eigenvalue weighted by atomic mass is 19.1. The molecule has 21 heavy (non-hydrogen) atoms. The quantitative estimate of drug-likeness (QED) is 0.787. The Kier molecular flexibility index (Phi) is 4.21. The summed E-state index contributed by atoms with van der Waals surface area (Å²) in [6.07, 6.45) is 1.04. The van der Waals surface area contributed by atoms with Gasteiger partial charge in [0.2, 0.25) is 5.91 Å². The van der Waals surface area contributed by atoms with E-state index in [0.29, 0.717) is 12.8 Å². The van der Waals surface area contributed by atoms with Gasteiger partial charge in [0.05, 0.1) is 17.2 Å². The molecule has 0 saturated heterocycles. The molecule has 1 aromatic carbocycles. The minimum atomic E-state index is -1.22. The van der Waals surface area contributed by atoms with Gasteiger partial charge in [-0.15, -0.1) is 0 Å². The molecular formula is C14H14FNO5. The molecule has 1 amide bonds. The fourth-order valence-electron chi connectivity index (χ4n) is 2.43. The van der Waals surface area contributed by atoms with Gasteiger partial charge in [-0.3, -0.25) is 9.59 Å². The van der Waals surface area contributed by atoms with Gasteiger partial charge >= 0.3 is 11.9 Å². The highest BCUT2D eigenvalue weighted by molar-refractivity contribution is 5.95. The zero-order valence-electron chi connectivity index (χ0n) is 11.0. The maximum Gasteiger partial charge on any atom is 0.335 e. The topological polar surface area (TPSA) is 104 Å². The Morgan fingerprint density at radius 1 is 1.14 bits per heavy atom. The van der Waals surface area contributed by atoms with Gasteiger partial charge in [-0.2, -0.15) is 0 Å². The highest BCUT2D eigenvalue weighted by Gasteiger charge is 2.34. The van der Waals surface area contributed by atoms with Gasteiger partial charge in [-0.1, -0.05) is 0 Å². The van der Waals surface area contributed by atoms with E-state index in [9.17, 15) is 18.8 Å². The smallest absolute Gasteiger partial charge is 0.335 e.